The number of aromatic nitrogens is 1. The van der Waals surface area contributed by atoms with Gasteiger partial charge in [-0.1, -0.05) is 30.3 Å². The third-order valence-corrected chi connectivity index (χ3v) is 4.50. The van der Waals surface area contributed by atoms with E-state index >= 15 is 0 Å². The molecule has 1 N–H and O–H groups in total. The van der Waals surface area contributed by atoms with E-state index in [4.69, 9.17) is 4.74 Å². The molecule has 0 spiro atoms. The molecule has 0 aliphatic carbocycles. The van der Waals surface area contributed by atoms with Crippen molar-refractivity contribution >= 4 is 17.3 Å². The number of esters is 1. The summed E-state index contributed by atoms with van der Waals surface area (Å²) in [6.45, 7) is 4.62. The number of nitrogens with one attached hydrogen (secondary N) is 1. The van der Waals surface area contributed by atoms with Crippen LogP contribution >= 0.6 is 11.3 Å². The van der Waals surface area contributed by atoms with E-state index in [9.17, 15) is 4.79 Å². The van der Waals surface area contributed by atoms with Gasteiger partial charge in [0.2, 0.25) is 0 Å². The molecule has 0 fully saturated rings. The second kappa shape index (κ2) is 6.83. The largest absolute Gasteiger partial charge is 0.469 e. The molecule has 0 aliphatic rings. The van der Waals surface area contributed by atoms with Crippen molar-refractivity contribution in [3.8, 4) is 0 Å². The molecule has 1 atom stereocenters. The SMILES string of the molecule is COC(=O)C(CNC(C)(C)c1nccs1)c1ccccc1. The van der Waals surface area contributed by atoms with Gasteiger partial charge in [0, 0.05) is 18.1 Å². The molecule has 112 valence electrons. The Morgan fingerprint density at radius 3 is 2.67 bits per heavy atom. The van der Waals surface area contributed by atoms with Crippen LogP contribution in [-0.4, -0.2) is 24.6 Å². The Bertz CT molecular complexity index is 567. The Labute approximate surface area is 129 Å². The molecule has 0 saturated heterocycles. The van der Waals surface area contributed by atoms with Crippen LogP contribution in [0.25, 0.3) is 0 Å². The lowest BCUT2D eigenvalue weighted by Crippen LogP contribution is -2.40. The van der Waals surface area contributed by atoms with E-state index in [1.54, 1.807) is 17.5 Å². The van der Waals surface area contributed by atoms with Gasteiger partial charge in [0.25, 0.3) is 0 Å². The van der Waals surface area contributed by atoms with E-state index in [2.05, 4.69) is 24.1 Å². The zero-order valence-electron chi connectivity index (χ0n) is 12.5. The van der Waals surface area contributed by atoms with Gasteiger partial charge in [-0.25, -0.2) is 4.98 Å². The zero-order chi connectivity index (χ0) is 15.3. The molecule has 1 heterocycles. The summed E-state index contributed by atoms with van der Waals surface area (Å²) in [7, 11) is 1.42. The smallest absolute Gasteiger partial charge is 0.314 e. The number of nitrogens with zero attached hydrogens (tertiary/aromatic N) is 1. The zero-order valence-corrected chi connectivity index (χ0v) is 13.3. The summed E-state index contributed by atoms with van der Waals surface area (Å²) in [5.74, 6) is -0.556. The molecular weight excluding hydrogens is 284 g/mol. The van der Waals surface area contributed by atoms with Crippen molar-refractivity contribution in [3.05, 3.63) is 52.5 Å². The lowest BCUT2D eigenvalue weighted by molar-refractivity contribution is -0.142. The predicted molar refractivity (Wildman–Crippen MR) is 84.3 cm³/mol. The van der Waals surface area contributed by atoms with Gasteiger partial charge in [-0.05, 0) is 19.4 Å². The highest BCUT2D eigenvalue weighted by atomic mass is 32.1. The maximum absolute atomic E-state index is 12.0. The highest BCUT2D eigenvalue weighted by Gasteiger charge is 2.27. The highest BCUT2D eigenvalue weighted by molar-refractivity contribution is 7.09. The summed E-state index contributed by atoms with van der Waals surface area (Å²) in [4.78, 5) is 16.4. The van der Waals surface area contributed by atoms with Crippen LogP contribution in [0.2, 0.25) is 0 Å². The van der Waals surface area contributed by atoms with Crippen molar-refractivity contribution in [2.24, 2.45) is 0 Å². The summed E-state index contributed by atoms with van der Waals surface area (Å²) in [5, 5.41) is 6.37. The summed E-state index contributed by atoms with van der Waals surface area (Å²) >= 11 is 1.60. The first-order valence-electron chi connectivity index (χ1n) is 6.82. The average Bonchev–Trinajstić information content (AvgIpc) is 3.03. The molecule has 5 heteroatoms. The van der Waals surface area contributed by atoms with E-state index in [-0.39, 0.29) is 17.4 Å². The van der Waals surface area contributed by atoms with E-state index in [1.165, 1.54) is 7.11 Å². The molecule has 1 aromatic carbocycles. The number of methoxy groups -OCH3 is 1. The van der Waals surface area contributed by atoms with Gasteiger partial charge in [-0.15, -0.1) is 11.3 Å². The van der Waals surface area contributed by atoms with Gasteiger partial charge in [0.05, 0.1) is 18.6 Å². The van der Waals surface area contributed by atoms with Gasteiger partial charge in [0.15, 0.2) is 0 Å². The number of benzene rings is 1. The number of thiazole rings is 1. The quantitative estimate of drug-likeness (QED) is 0.834. The fourth-order valence-electron chi connectivity index (χ4n) is 2.13. The first-order valence-corrected chi connectivity index (χ1v) is 7.70. The number of ether oxygens (including phenoxy) is 1. The van der Waals surface area contributed by atoms with Crippen LogP contribution < -0.4 is 5.32 Å². The van der Waals surface area contributed by atoms with Gasteiger partial charge < -0.3 is 10.1 Å². The summed E-state index contributed by atoms with van der Waals surface area (Å²) < 4.78 is 4.93. The number of rotatable bonds is 6. The molecule has 1 aromatic heterocycles. The Kier molecular flexibility index (Phi) is 5.09. The number of hydrogen-bond donors (Lipinski definition) is 1. The lowest BCUT2D eigenvalue weighted by atomic mass is 9.97. The van der Waals surface area contributed by atoms with Gasteiger partial charge >= 0.3 is 5.97 Å². The number of carbonyl (C=O) groups excluding carboxylic acids is 1. The third kappa shape index (κ3) is 3.89. The van der Waals surface area contributed by atoms with Crippen molar-refractivity contribution in [1.29, 1.82) is 0 Å². The Hall–Kier alpha value is -1.72. The van der Waals surface area contributed by atoms with Crippen LogP contribution in [-0.2, 0) is 15.1 Å². The van der Waals surface area contributed by atoms with E-state index in [0.29, 0.717) is 6.54 Å². The summed E-state index contributed by atoms with van der Waals surface area (Å²) in [6.07, 6.45) is 1.79. The topological polar surface area (TPSA) is 51.2 Å². The monoisotopic (exact) mass is 304 g/mol. The molecule has 4 nitrogen and oxygen atoms in total. The van der Waals surface area contributed by atoms with Crippen LogP contribution in [0.3, 0.4) is 0 Å². The number of hydrogen-bond acceptors (Lipinski definition) is 5. The molecule has 1 unspecified atom stereocenters. The minimum atomic E-state index is -0.324. The van der Waals surface area contributed by atoms with Crippen LogP contribution in [0.5, 0.6) is 0 Å². The van der Waals surface area contributed by atoms with E-state index in [0.717, 1.165) is 10.6 Å². The Balaban J connectivity index is 2.12. The standard InChI is InChI=1S/C16H20N2O2S/c1-16(2,15-17-9-10-21-15)18-11-13(14(19)20-3)12-7-5-4-6-8-12/h4-10,13,18H,11H2,1-3H3. The Morgan fingerprint density at radius 2 is 2.10 bits per heavy atom. The fourth-order valence-corrected chi connectivity index (χ4v) is 2.87. The first kappa shape index (κ1) is 15.7. The highest BCUT2D eigenvalue weighted by Crippen LogP contribution is 2.24. The molecule has 0 bridgehead atoms. The van der Waals surface area contributed by atoms with Gasteiger partial charge in [0.1, 0.15) is 5.01 Å². The van der Waals surface area contributed by atoms with Gasteiger partial charge in [-0.3, -0.25) is 4.79 Å². The van der Waals surface area contributed by atoms with Crippen molar-refractivity contribution < 1.29 is 9.53 Å². The lowest BCUT2D eigenvalue weighted by Gasteiger charge is -2.26. The molecule has 0 saturated carbocycles. The normalized spacial score (nSPS) is 12.9. The minimum Gasteiger partial charge on any atom is -0.469 e. The van der Waals surface area contributed by atoms with Crippen molar-refractivity contribution in [2.45, 2.75) is 25.3 Å². The summed E-state index contributed by atoms with van der Waals surface area (Å²) in [5.41, 5.74) is 0.668. The maximum atomic E-state index is 12.0. The molecule has 0 aliphatic heterocycles. The molecular formula is C16H20N2O2S. The predicted octanol–water partition coefficient (Wildman–Crippen LogP) is 2.92. The molecule has 0 amide bonds. The molecule has 2 aromatic rings. The van der Waals surface area contributed by atoms with Crippen LogP contribution in [0.1, 0.15) is 30.3 Å². The second-order valence-electron chi connectivity index (χ2n) is 5.33. The maximum Gasteiger partial charge on any atom is 0.314 e. The molecule has 2 rings (SSSR count). The average molecular weight is 304 g/mol. The van der Waals surface area contributed by atoms with Crippen LogP contribution in [0, 0.1) is 0 Å². The second-order valence-corrected chi connectivity index (χ2v) is 6.22. The molecule has 0 radical (unpaired) electrons. The fraction of sp³-hybridized carbons (Fsp3) is 0.375. The molecule has 21 heavy (non-hydrogen) atoms. The van der Waals surface area contributed by atoms with Crippen molar-refractivity contribution in [3.63, 3.8) is 0 Å². The minimum absolute atomic E-state index is 0.233. The van der Waals surface area contributed by atoms with Crippen LogP contribution in [0.15, 0.2) is 41.9 Å². The summed E-state index contributed by atoms with van der Waals surface area (Å²) in [6, 6.07) is 9.68. The Morgan fingerprint density at radius 1 is 1.38 bits per heavy atom. The first-order chi connectivity index (χ1) is 10.0. The third-order valence-electron chi connectivity index (χ3n) is 3.40. The van der Waals surface area contributed by atoms with Gasteiger partial charge in [-0.2, -0.15) is 0 Å². The van der Waals surface area contributed by atoms with Crippen molar-refractivity contribution in [1.82, 2.24) is 10.3 Å². The number of carbonyl (C=O) groups is 1. The van der Waals surface area contributed by atoms with Crippen LogP contribution in [0.4, 0.5) is 0 Å². The van der Waals surface area contributed by atoms with E-state index in [1.807, 2.05) is 35.7 Å². The van der Waals surface area contributed by atoms with Crippen molar-refractivity contribution in [2.75, 3.05) is 13.7 Å². The van der Waals surface area contributed by atoms with E-state index < -0.39 is 0 Å².